The average molecular weight is 366 g/mol. The van der Waals surface area contributed by atoms with E-state index in [1.165, 1.54) is 0 Å². The molecule has 0 bridgehead atoms. The summed E-state index contributed by atoms with van der Waals surface area (Å²) in [5.74, 6) is -5.34. The molecule has 0 saturated carbocycles. The number of rotatable bonds is 6. The number of hydrogen-bond donors (Lipinski definition) is 2. The summed E-state index contributed by atoms with van der Waals surface area (Å²) in [6, 6.07) is 7.11. The molecule has 2 rings (SSSR count). The number of carbonyl (C=O) groups is 2. The summed E-state index contributed by atoms with van der Waals surface area (Å²) in [5, 5.41) is 4.34. The maximum atomic E-state index is 13.5. The van der Waals surface area contributed by atoms with Crippen LogP contribution in [-0.2, 0) is 9.59 Å². The van der Waals surface area contributed by atoms with Gasteiger partial charge in [-0.1, -0.05) is 18.2 Å². The third kappa shape index (κ3) is 4.75. The van der Waals surface area contributed by atoms with Crippen LogP contribution in [-0.4, -0.2) is 25.0 Å². The van der Waals surface area contributed by atoms with Gasteiger partial charge in [0.2, 0.25) is 5.91 Å². The summed E-state index contributed by atoms with van der Waals surface area (Å²) < 4.78 is 44.8. The molecule has 26 heavy (non-hydrogen) atoms. The first-order chi connectivity index (χ1) is 12.3. The highest BCUT2D eigenvalue weighted by Gasteiger charge is 2.15. The van der Waals surface area contributed by atoms with E-state index in [1.54, 1.807) is 0 Å². The van der Waals surface area contributed by atoms with Crippen molar-refractivity contribution >= 4 is 17.5 Å². The molecule has 0 saturated heterocycles. The van der Waals surface area contributed by atoms with Gasteiger partial charge in [0.1, 0.15) is 5.75 Å². The van der Waals surface area contributed by atoms with Crippen molar-refractivity contribution in [3.05, 3.63) is 58.9 Å². The molecule has 138 valence electrons. The molecular formula is C18H17F3N2O3. The molecule has 0 fully saturated rings. The second-order valence-corrected chi connectivity index (χ2v) is 5.56. The van der Waals surface area contributed by atoms with Crippen LogP contribution in [0.1, 0.15) is 11.1 Å². The van der Waals surface area contributed by atoms with Crippen molar-refractivity contribution in [2.24, 2.45) is 0 Å². The molecule has 0 heterocycles. The first kappa shape index (κ1) is 19.3. The van der Waals surface area contributed by atoms with E-state index in [-0.39, 0.29) is 6.61 Å². The van der Waals surface area contributed by atoms with Crippen LogP contribution in [0.2, 0.25) is 0 Å². The lowest BCUT2D eigenvalue weighted by Gasteiger charge is -2.12. The SMILES string of the molecule is Cc1cccc(C)c1OCC(=O)NCC(=O)Nc1ccc(F)c(F)c1F. The number of nitrogens with one attached hydrogen (secondary N) is 2. The van der Waals surface area contributed by atoms with Crippen molar-refractivity contribution in [1.29, 1.82) is 0 Å². The van der Waals surface area contributed by atoms with E-state index in [0.717, 1.165) is 17.2 Å². The standard InChI is InChI=1S/C18H17F3N2O3/c1-10-4-3-5-11(2)18(10)26-9-15(25)22-8-14(24)23-13-7-6-12(19)16(20)17(13)21/h3-7H,8-9H2,1-2H3,(H,22,25)(H,23,24). The fourth-order valence-electron chi connectivity index (χ4n) is 2.21. The minimum atomic E-state index is -1.69. The molecule has 0 aliphatic heterocycles. The van der Waals surface area contributed by atoms with Gasteiger partial charge in [-0.25, -0.2) is 13.2 Å². The van der Waals surface area contributed by atoms with Crippen LogP contribution in [0.25, 0.3) is 0 Å². The van der Waals surface area contributed by atoms with Crippen LogP contribution in [0, 0.1) is 31.3 Å². The topological polar surface area (TPSA) is 67.4 Å². The van der Waals surface area contributed by atoms with Gasteiger partial charge in [0.25, 0.3) is 5.91 Å². The minimum absolute atomic E-state index is 0.307. The fraction of sp³-hybridized carbons (Fsp3) is 0.222. The van der Waals surface area contributed by atoms with Crippen LogP contribution in [0.3, 0.4) is 0 Å². The zero-order valence-corrected chi connectivity index (χ0v) is 14.2. The van der Waals surface area contributed by atoms with Crippen molar-refractivity contribution in [3.63, 3.8) is 0 Å². The summed E-state index contributed by atoms with van der Waals surface area (Å²) in [6.07, 6.45) is 0. The molecular weight excluding hydrogens is 349 g/mol. The van der Waals surface area contributed by atoms with E-state index < -0.39 is 41.5 Å². The second-order valence-electron chi connectivity index (χ2n) is 5.56. The lowest BCUT2D eigenvalue weighted by atomic mass is 10.1. The largest absolute Gasteiger partial charge is 0.483 e. The van der Waals surface area contributed by atoms with Crippen LogP contribution < -0.4 is 15.4 Å². The quantitative estimate of drug-likeness (QED) is 0.773. The van der Waals surface area contributed by atoms with Crippen LogP contribution in [0.4, 0.5) is 18.9 Å². The van der Waals surface area contributed by atoms with E-state index in [9.17, 15) is 22.8 Å². The van der Waals surface area contributed by atoms with Crippen LogP contribution in [0.15, 0.2) is 30.3 Å². The van der Waals surface area contributed by atoms with E-state index in [4.69, 9.17) is 4.74 Å². The van der Waals surface area contributed by atoms with Crippen molar-refractivity contribution in [2.75, 3.05) is 18.5 Å². The summed E-state index contributed by atoms with van der Waals surface area (Å²) in [5.41, 5.74) is 1.21. The number of halogens is 3. The number of anilines is 1. The Balaban J connectivity index is 1.84. The number of hydrogen-bond acceptors (Lipinski definition) is 3. The first-order valence-corrected chi connectivity index (χ1v) is 7.68. The van der Waals surface area contributed by atoms with E-state index >= 15 is 0 Å². The Hall–Kier alpha value is -3.03. The highest BCUT2D eigenvalue weighted by molar-refractivity contribution is 5.94. The van der Waals surface area contributed by atoms with Gasteiger partial charge in [0.15, 0.2) is 24.1 Å². The van der Waals surface area contributed by atoms with Gasteiger partial charge >= 0.3 is 0 Å². The van der Waals surface area contributed by atoms with Gasteiger partial charge in [-0.15, -0.1) is 0 Å². The molecule has 8 heteroatoms. The predicted octanol–water partition coefficient (Wildman–Crippen LogP) is 2.85. The van der Waals surface area contributed by atoms with Gasteiger partial charge in [-0.05, 0) is 37.1 Å². The first-order valence-electron chi connectivity index (χ1n) is 7.68. The number of amides is 2. The number of para-hydroxylation sites is 1. The van der Waals surface area contributed by atoms with Gasteiger partial charge in [0.05, 0.1) is 12.2 Å². The number of carbonyl (C=O) groups excluding carboxylic acids is 2. The number of ether oxygens (including phenoxy) is 1. The molecule has 0 unspecified atom stereocenters. The molecule has 5 nitrogen and oxygen atoms in total. The molecule has 2 aromatic rings. The number of aryl methyl sites for hydroxylation is 2. The van der Waals surface area contributed by atoms with Gasteiger partial charge in [0, 0.05) is 0 Å². The van der Waals surface area contributed by atoms with E-state index in [2.05, 4.69) is 5.32 Å². The van der Waals surface area contributed by atoms with E-state index in [0.29, 0.717) is 11.8 Å². The molecule has 0 aromatic heterocycles. The van der Waals surface area contributed by atoms with Gasteiger partial charge in [-0.2, -0.15) is 0 Å². The third-order valence-corrected chi connectivity index (χ3v) is 3.51. The fourth-order valence-corrected chi connectivity index (χ4v) is 2.21. The Kier molecular flexibility index (Phi) is 6.21. The maximum Gasteiger partial charge on any atom is 0.258 e. The second kappa shape index (κ2) is 8.37. The maximum absolute atomic E-state index is 13.5. The van der Waals surface area contributed by atoms with Gasteiger partial charge in [-0.3, -0.25) is 9.59 Å². The molecule has 2 amide bonds. The average Bonchev–Trinajstić information content (AvgIpc) is 2.60. The Morgan fingerprint density at radius 3 is 2.27 bits per heavy atom. The summed E-state index contributed by atoms with van der Waals surface area (Å²) in [4.78, 5) is 23.5. The van der Waals surface area contributed by atoms with Crippen LogP contribution in [0.5, 0.6) is 5.75 Å². The van der Waals surface area contributed by atoms with E-state index in [1.807, 2.05) is 37.4 Å². The smallest absolute Gasteiger partial charge is 0.258 e. The lowest BCUT2D eigenvalue weighted by Crippen LogP contribution is -2.36. The Bertz CT molecular complexity index is 820. The molecule has 0 aliphatic rings. The normalized spacial score (nSPS) is 10.3. The molecule has 0 aliphatic carbocycles. The van der Waals surface area contributed by atoms with Crippen molar-refractivity contribution in [3.8, 4) is 5.75 Å². The number of benzene rings is 2. The zero-order chi connectivity index (χ0) is 19.3. The molecule has 0 radical (unpaired) electrons. The minimum Gasteiger partial charge on any atom is -0.483 e. The molecule has 0 atom stereocenters. The summed E-state index contributed by atoms with van der Waals surface area (Å²) >= 11 is 0. The van der Waals surface area contributed by atoms with Gasteiger partial charge < -0.3 is 15.4 Å². The summed E-state index contributed by atoms with van der Waals surface area (Å²) in [7, 11) is 0. The third-order valence-electron chi connectivity index (χ3n) is 3.51. The molecule has 2 aromatic carbocycles. The Labute approximate surface area is 148 Å². The Morgan fingerprint density at radius 2 is 1.62 bits per heavy atom. The van der Waals surface area contributed by atoms with Crippen molar-refractivity contribution < 1.29 is 27.5 Å². The lowest BCUT2D eigenvalue weighted by molar-refractivity contribution is -0.125. The summed E-state index contributed by atoms with van der Waals surface area (Å²) in [6.45, 7) is 2.89. The highest BCUT2D eigenvalue weighted by atomic mass is 19.2. The monoisotopic (exact) mass is 366 g/mol. The molecule has 2 N–H and O–H groups in total. The zero-order valence-electron chi connectivity index (χ0n) is 14.2. The predicted molar refractivity (Wildman–Crippen MR) is 89.4 cm³/mol. The highest BCUT2D eigenvalue weighted by Crippen LogP contribution is 2.22. The van der Waals surface area contributed by atoms with Crippen molar-refractivity contribution in [1.82, 2.24) is 5.32 Å². The van der Waals surface area contributed by atoms with Crippen LogP contribution >= 0.6 is 0 Å². The Morgan fingerprint density at radius 1 is 0.962 bits per heavy atom. The van der Waals surface area contributed by atoms with Crippen molar-refractivity contribution in [2.45, 2.75) is 13.8 Å². The molecule has 0 spiro atoms.